The minimum absolute atomic E-state index is 0.344. The number of aromatic nitrogens is 4. The van der Waals surface area contributed by atoms with Crippen molar-refractivity contribution in [1.29, 1.82) is 0 Å². The number of nitrogens with one attached hydrogen (secondary N) is 2. The van der Waals surface area contributed by atoms with Gasteiger partial charge in [-0.1, -0.05) is 53.7 Å². The molecule has 0 atom stereocenters. The van der Waals surface area contributed by atoms with Gasteiger partial charge in [-0.25, -0.2) is 9.78 Å². The van der Waals surface area contributed by atoms with Gasteiger partial charge in [0, 0.05) is 24.0 Å². The average molecular weight is 495 g/mol. The predicted molar refractivity (Wildman–Crippen MR) is 141 cm³/mol. The van der Waals surface area contributed by atoms with Gasteiger partial charge in [-0.05, 0) is 49.2 Å². The molecule has 2 heterocycles. The van der Waals surface area contributed by atoms with Gasteiger partial charge < -0.3 is 24.5 Å². The van der Waals surface area contributed by atoms with E-state index in [0.717, 1.165) is 16.7 Å². The first kappa shape index (κ1) is 23.8. The summed E-state index contributed by atoms with van der Waals surface area (Å²) in [5, 5.41) is 9.78. The number of aryl methyl sites for hydroxylation is 1. The molecule has 2 amide bonds. The van der Waals surface area contributed by atoms with E-state index in [1.807, 2.05) is 91.3 Å². The number of carbonyl (C=O) groups excluding carboxylic acids is 1. The van der Waals surface area contributed by atoms with Crippen molar-refractivity contribution in [2.45, 2.75) is 20.4 Å². The number of imidazole rings is 1. The van der Waals surface area contributed by atoms with Gasteiger partial charge in [0.05, 0.1) is 18.6 Å². The highest BCUT2D eigenvalue weighted by Gasteiger charge is 2.14. The highest BCUT2D eigenvalue weighted by atomic mass is 16.5. The number of carbonyl (C=O) groups is 1. The number of nitrogens with zero attached hydrogens (tertiary/aromatic N) is 4. The Morgan fingerprint density at radius 2 is 1.78 bits per heavy atom. The molecule has 0 spiro atoms. The van der Waals surface area contributed by atoms with E-state index in [1.54, 1.807) is 12.4 Å². The Labute approximate surface area is 214 Å². The number of ether oxygens (including phenoxy) is 1. The number of anilines is 2. The number of urea groups is 1. The van der Waals surface area contributed by atoms with Gasteiger partial charge in [-0.15, -0.1) is 0 Å². The van der Waals surface area contributed by atoms with E-state index < -0.39 is 0 Å². The van der Waals surface area contributed by atoms with E-state index in [4.69, 9.17) is 9.26 Å². The summed E-state index contributed by atoms with van der Waals surface area (Å²) in [6.07, 6.45) is 3.59. The lowest BCUT2D eigenvalue weighted by Crippen LogP contribution is -2.19. The topological polar surface area (TPSA) is 107 Å². The van der Waals surface area contributed by atoms with Gasteiger partial charge in [-0.3, -0.25) is 0 Å². The molecule has 0 saturated heterocycles. The second-order valence-electron chi connectivity index (χ2n) is 8.37. The summed E-state index contributed by atoms with van der Waals surface area (Å²) in [7, 11) is 0. The Kier molecular flexibility index (Phi) is 6.93. The molecule has 9 nitrogen and oxygen atoms in total. The Balaban J connectivity index is 1.20. The molecule has 5 rings (SSSR count). The normalized spacial score (nSPS) is 10.8. The molecule has 0 unspecified atom stereocenters. The first-order chi connectivity index (χ1) is 18.1. The molecule has 0 saturated carbocycles. The van der Waals surface area contributed by atoms with Crippen LogP contribution in [0.1, 0.15) is 18.1 Å². The number of rotatable bonds is 8. The maximum atomic E-state index is 12.5. The fraction of sp³-hybridized carbons (Fsp3) is 0.143. The number of para-hydroxylation sites is 2. The second-order valence-corrected chi connectivity index (χ2v) is 8.37. The minimum atomic E-state index is -0.344. The molecule has 3 aromatic carbocycles. The summed E-state index contributed by atoms with van der Waals surface area (Å²) < 4.78 is 12.9. The van der Waals surface area contributed by atoms with Crippen molar-refractivity contribution in [2.24, 2.45) is 0 Å². The van der Waals surface area contributed by atoms with Crippen molar-refractivity contribution in [3.63, 3.8) is 0 Å². The van der Waals surface area contributed by atoms with Crippen LogP contribution in [0.15, 0.2) is 89.8 Å². The van der Waals surface area contributed by atoms with Crippen molar-refractivity contribution in [3.8, 4) is 28.7 Å². The van der Waals surface area contributed by atoms with Gasteiger partial charge in [0.2, 0.25) is 5.82 Å². The maximum absolute atomic E-state index is 12.5. The van der Waals surface area contributed by atoms with E-state index in [-0.39, 0.29) is 6.03 Å². The lowest BCUT2D eigenvalue weighted by Gasteiger charge is -2.12. The molecule has 0 aliphatic carbocycles. The Hall–Kier alpha value is -4.92. The fourth-order valence-electron chi connectivity index (χ4n) is 3.86. The molecule has 2 N–H and O–H groups in total. The molecule has 2 aromatic heterocycles. The van der Waals surface area contributed by atoms with E-state index in [0.29, 0.717) is 47.7 Å². The summed E-state index contributed by atoms with van der Waals surface area (Å²) in [4.78, 5) is 21.4. The maximum Gasteiger partial charge on any atom is 0.323 e. The molecule has 0 bridgehead atoms. The van der Waals surface area contributed by atoms with E-state index >= 15 is 0 Å². The number of hydrogen-bond acceptors (Lipinski definition) is 6. The highest BCUT2D eigenvalue weighted by Crippen LogP contribution is 2.25. The van der Waals surface area contributed by atoms with Crippen molar-refractivity contribution < 1.29 is 14.1 Å². The molecule has 186 valence electrons. The van der Waals surface area contributed by atoms with Crippen LogP contribution >= 0.6 is 0 Å². The third kappa shape index (κ3) is 5.67. The smallest absolute Gasteiger partial charge is 0.323 e. The zero-order valence-electron chi connectivity index (χ0n) is 20.5. The molecule has 5 aromatic rings. The zero-order valence-corrected chi connectivity index (χ0v) is 20.5. The SMILES string of the molecule is CCOc1ccccc1NC(=O)Nc1ccc(Cn2cnc(-c3nc(-c4ccccc4C)no3)c2)cc1. The molecule has 0 radical (unpaired) electrons. The Morgan fingerprint density at radius 3 is 2.59 bits per heavy atom. The van der Waals surface area contributed by atoms with Crippen LogP contribution in [0.3, 0.4) is 0 Å². The Bertz CT molecular complexity index is 1510. The zero-order chi connectivity index (χ0) is 25.6. The Morgan fingerprint density at radius 1 is 1.00 bits per heavy atom. The standard InChI is InChI=1S/C28H26N6O3/c1-3-36-25-11-7-6-10-23(25)31-28(35)30-21-14-12-20(13-15-21)16-34-17-24(29-18-34)27-32-26(33-37-27)22-9-5-4-8-19(22)2/h4-15,17-18H,3,16H2,1-2H3,(H2,30,31,35). The first-order valence-electron chi connectivity index (χ1n) is 11.9. The summed E-state index contributed by atoms with van der Waals surface area (Å²) in [6, 6.07) is 22.5. The third-order valence-electron chi connectivity index (χ3n) is 5.68. The van der Waals surface area contributed by atoms with Crippen molar-refractivity contribution >= 4 is 17.4 Å². The van der Waals surface area contributed by atoms with Crippen LogP contribution in [-0.2, 0) is 6.54 Å². The lowest BCUT2D eigenvalue weighted by molar-refractivity contribution is 0.262. The molecule has 0 fully saturated rings. The van der Waals surface area contributed by atoms with E-state index in [1.165, 1.54) is 0 Å². The van der Waals surface area contributed by atoms with E-state index in [9.17, 15) is 4.79 Å². The van der Waals surface area contributed by atoms with Crippen LogP contribution < -0.4 is 15.4 Å². The summed E-state index contributed by atoms with van der Waals surface area (Å²) in [6.45, 7) is 5.02. The van der Waals surface area contributed by atoms with Crippen LogP contribution in [0.4, 0.5) is 16.2 Å². The van der Waals surface area contributed by atoms with Crippen LogP contribution in [0.25, 0.3) is 23.0 Å². The average Bonchev–Trinajstić information content (AvgIpc) is 3.57. The molecule has 37 heavy (non-hydrogen) atoms. The van der Waals surface area contributed by atoms with Gasteiger partial charge in [0.15, 0.2) is 0 Å². The molecule has 9 heteroatoms. The van der Waals surface area contributed by atoms with Crippen LogP contribution in [0.2, 0.25) is 0 Å². The summed E-state index contributed by atoms with van der Waals surface area (Å²) >= 11 is 0. The fourth-order valence-corrected chi connectivity index (χ4v) is 3.86. The number of benzene rings is 3. The predicted octanol–water partition coefficient (Wildman–Crippen LogP) is 6.00. The van der Waals surface area contributed by atoms with Crippen molar-refractivity contribution in [1.82, 2.24) is 19.7 Å². The van der Waals surface area contributed by atoms with Gasteiger partial charge in [0.25, 0.3) is 5.89 Å². The molecule has 0 aliphatic heterocycles. The first-order valence-corrected chi connectivity index (χ1v) is 11.9. The second kappa shape index (κ2) is 10.8. The van der Waals surface area contributed by atoms with Crippen LogP contribution in [-0.4, -0.2) is 32.3 Å². The summed E-state index contributed by atoms with van der Waals surface area (Å²) in [5.41, 5.74) is 4.94. The van der Waals surface area contributed by atoms with Crippen molar-refractivity contribution in [2.75, 3.05) is 17.2 Å². The van der Waals surface area contributed by atoms with Crippen LogP contribution in [0.5, 0.6) is 5.75 Å². The van der Waals surface area contributed by atoms with Gasteiger partial charge in [0.1, 0.15) is 11.4 Å². The molecular weight excluding hydrogens is 468 g/mol. The lowest BCUT2D eigenvalue weighted by atomic mass is 10.1. The van der Waals surface area contributed by atoms with Crippen molar-refractivity contribution in [3.05, 3.63) is 96.4 Å². The quantitative estimate of drug-likeness (QED) is 0.274. The highest BCUT2D eigenvalue weighted by molar-refractivity contribution is 6.00. The van der Waals surface area contributed by atoms with Crippen LogP contribution in [0, 0.1) is 6.92 Å². The van der Waals surface area contributed by atoms with Gasteiger partial charge >= 0.3 is 6.03 Å². The summed E-state index contributed by atoms with van der Waals surface area (Å²) in [5.74, 6) is 1.53. The monoisotopic (exact) mass is 494 g/mol. The largest absolute Gasteiger partial charge is 0.492 e. The number of hydrogen-bond donors (Lipinski definition) is 2. The number of amides is 2. The van der Waals surface area contributed by atoms with E-state index in [2.05, 4.69) is 25.8 Å². The third-order valence-corrected chi connectivity index (χ3v) is 5.68. The minimum Gasteiger partial charge on any atom is -0.492 e. The molecular formula is C28H26N6O3. The molecule has 0 aliphatic rings. The van der Waals surface area contributed by atoms with Gasteiger partial charge in [-0.2, -0.15) is 4.98 Å².